The second-order valence-corrected chi connectivity index (χ2v) is 9.79. The molecule has 0 radical (unpaired) electrons. The second kappa shape index (κ2) is 11.6. The number of amides is 2. The van der Waals surface area contributed by atoms with E-state index in [0.29, 0.717) is 10.7 Å². The fourth-order valence-corrected chi connectivity index (χ4v) is 5.61. The molecule has 4 unspecified atom stereocenters. The van der Waals surface area contributed by atoms with Crippen LogP contribution in [0.2, 0.25) is 0 Å². The minimum absolute atomic E-state index is 0.0101. The van der Waals surface area contributed by atoms with Crippen LogP contribution >= 0.6 is 23.4 Å². The van der Waals surface area contributed by atoms with E-state index in [9.17, 15) is 14.4 Å². The first-order valence-electron chi connectivity index (χ1n) is 11.3. The number of hydrogen-bond donors (Lipinski definition) is 1. The summed E-state index contributed by atoms with van der Waals surface area (Å²) in [5, 5.41) is 11.1. The first kappa shape index (κ1) is 26.4. The van der Waals surface area contributed by atoms with Crippen molar-refractivity contribution in [2.45, 2.75) is 29.1 Å². The van der Waals surface area contributed by atoms with E-state index >= 15 is 0 Å². The molecular formula is C25H25ClN6O4S. The van der Waals surface area contributed by atoms with Crippen molar-refractivity contribution in [3.05, 3.63) is 83.9 Å². The van der Waals surface area contributed by atoms with Crippen LogP contribution in [0.25, 0.3) is 0 Å². The van der Waals surface area contributed by atoms with Crippen LogP contribution in [-0.2, 0) is 32.8 Å². The third kappa shape index (κ3) is 5.52. The summed E-state index contributed by atoms with van der Waals surface area (Å²) in [4.78, 5) is 41.0. The molecule has 37 heavy (non-hydrogen) atoms. The van der Waals surface area contributed by atoms with Gasteiger partial charge in [-0.05, 0) is 27.1 Å². The molecule has 4 rings (SSSR count). The first-order chi connectivity index (χ1) is 17.8. The van der Waals surface area contributed by atoms with Crippen molar-refractivity contribution in [3.8, 4) is 0 Å². The lowest BCUT2D eigenvalue weighted by atomic mass is 9.78. The third-order valence-electron chi connectivity index (χ3n) is 6.04. The number of aromatic nitrogens is 4. The Kier molecular flexibility index (Phi) is 8.24. The maximum absolute atomic E-state index is 13.7. The summed E-state index contributed by atoms with van der Waals surface area (Å²) in [6, 6.07) is 16.8. The predicted molar refractivity (Wildman–Crippen MR) is 137 cm³/mol. The SMILES string of the molecule is C=C(CCl)C(C(=O)OCc1ccccc1)N1C(=O)C(C(C(N)=O)c2ccccc2)C1Sc1nnnn1C. The average molecular weight is 541 g/mol. The van der Waals surface area contributed by atoms with E-state index in [4.69, 9.17) is 22.1 Å². The van der Waals surface area contributed by atoms with Crippen molar-refractivity contribution in [3.63, 3.8) is 0 Å². The number of likely N-dealkylation sites (tertiary alicyclic amines) is 1. The summed E-state index contributed by atoms with van der Waals surface area (Å²) in [6.45, 7) is 3.94. The molecule has 2 aromatic carbocycles. The van der Waals surface area contributed by atoms with Gasteiger partial charge in [-0.25, -0.2) is 9.48 Å². The van der Waals surface area contributed by atoms with Gasteiger partial charge in [0.1, 0.15) is 6.61 Å². The number of carbonyl (C=O) groups is 3. The Morgan fingerprint density at radius 3 is 2.38 bits per heavy atom. The van der Waals surface area contributed by atoms with Crippen molar-refractivity contribution >= 4 is 41.1 Å². The fourth-order valence-electron chi connectivity index (χ4n) is 4.22. The fraction of sp³-hybridized carbons (Fsp3) is 0.280. The summed E-state index contributed by atoms with van der Waals surface area (Å²) < 4.78 is 6.99. The summed E-state index contributed by atoms with van der Waals surface area (Å²) in [5.74, 6) is -3.69. The number of tetrazole rings is 1. The van der Waals surface area contributed by atoms with Crippen molar-refractivity contribution in [2.24, 2.45) is 18.7 Å². The van der Waals surface area contributed by atoms with E-state index in [1.807, 2.05) is 30.3 Å². The molecule has 12 heteroatoms. The number of β-lactam (4-membered cyclic amide) rings is 1. The molecule has 1 aliphatic rings. The Morgan fingerprint density at radius 2 is 1.81 bits per heavy atom. The molecule has 2 amide bonds. The lowest BCUT2D eigenvalue weighted by Gasteiger charge is -2.51. The molecule has 1 aromatic heterocycles. The highest BCUT2D eigenvalue weighted by Gasteiger charge is 2.58. The van der Waals surface area contributed by atoms with E-state index in [0.717, 1.165) is 17.3 Å². The van der Waals surface area contributed by atoms with Crippen molar-refractivity contribution < 1.29 is 19.1 Å². The van der Waals surface area contributed by atoms with Gasteiger partial charge >= 0.3 is 5.97 Å². The lowest BCUT2D eigenvalue weighted by molar-refractivity contribution is -0.167. The topological polar surface area (TPSA) is 133 Å². The van der Waals surface area contributed by atoms with E-state index in [1.54, 1.807) is 37.4 Å². The Balaban J connectivity index is 1.68. The van der Waals surface area contributed by atoms with Crippen LogP contribution in [0.1, 0.15) is 17.0 Å². The van der Waals surface area contributed by atoms with Gasteiger partial charge in [-0.15, -0.1) is 16.7 Å². The molecule has 0 bridgehead atoms. The largest absolute Gasteiger partial charge is 0.459 e. The summed E-state index contributed by atoms with van der Waals surface area (Å²) in [6.07, 6.45) is 0. The number of esters is 1. The molecule has 0 spiro atoms. The number of primary amides is 1. The first-order valence-corrected chi connectivity index (χ1v) is 12.7. The van der Waals surface area contributed by atoms with Gasteiger partial charge in [0.05, 0.1) is 17.2 Å². The molecule has 1 aliphatic heterocycles. The Morgan fingerprint density at radius 1 is 1.16 bits per heavy atom. The lowest BCUT2D eigenvalue weighted by Crippen LogP contribution is -2.67. The van der Waals surface area contributed by atoms with E-state index < -0.39 is 41.0 Å². The molecule has 4 atom stereocenters. The van der Waals surface area contributed by atoms with Gasteiger partial charge in [-0.1, -0.05) is 79.0 Å². The highest BCUT2D eigenvalue weighted by molar-refractivity contribution is 7.99. The van der Waals surface area contributed by atoms with Gasteiger partial charge in [-0.3, -0.25) is 9.59 Å². The zero-order valence-electron chi connectivity index (χ0n) is 19.9. The number of alkyl halides is 1. The third-order valence-corrected chi connectivity index (χ3v) is 7.70. The molecule has 0 saturated carbocycles. The summed E-state index contributed by atoms with van der Waals surface area (Å²) in [7, 11) is 1.65. The zero-order valence-corrected chi connectivity index (χ0v) is 21.5. The van der Waals surface area contributed by atoms with Crippen LogP contribution in [0.4, 0.5) is 0 Å². The molecular weight excluding hydrogens is 516 g/mol. The van der Waals surface area contributed by atoms with Crippen LogP contribution in [-0.4, -0.2) is 60.2 Å². The van der Waals surface area contributed by atoms with Crippen molar-refractivity contribution in [2.75, 3.05) is 5.88 Å². The number of nitrogens with two attached hydrogens (primary N) is 1. The van der Waals surface area contributed by atoms with E-state index in [2.05, 4.69) is 22.1 Å². The number of halogens is 1. The highest BCUT2D eigenvalue weighted by atomic mass is 35.5. The Hall–Kier alpha value is -3.70. The van der Waals surface area contributed by atoms with E-state index in [-0.39, 0.29) is 18.1 Å². The number of nitrogens with zero attached hydrogens (tertiary/aromatic N) is 5. The monoisotopic (exact) mass is 540 g/mol. The molecule has 2 heterocycles. The van der Waals surface area contributed by atoms with E-state index in [1.165, 1.54) is 9.58 Å². The number of rotatable bonds is 11. The standard InChI is InChI=1S/C25H25ClN6O4S/c1-15(13-26)20(24(35)36-14-16-9-5-3-6-10-16)32-22(34)19(23(32)37-25-28-29-30-31(25)2)18(21(27)33)17-11-7-4-8-12-17/h3-12,18-20,23H,1,13-14H2,2H3,(H2,27,33). The number of hydrogen-bond acceptors (Lipinski definition) is 8. The molecule has 10 nitrogen and oxygen atoms in total. The van der Waals surface area contributed by atoms with Crippen LogP contribution in [0.15, 0.2) is 78.0 Å². The van der Waals surface area contributed by atoms with Crippen LogP contribution in [0.5, 0.6) is 0 Å². The highest BCUT2D eigenvalue weighted by Crippen LogP contribution is 2.47. The van der Waals surface area contributed by atoms with Crippen molar-refractivity contribution in [1.82, 2.24) is 25.1 Å². The Bertz CT molecular complexity index is 1290. The van der Waals surface area contributed by atoms with Crippen LogP contribution in [0.3, 0.4) is 0 Å². The van der Waals surface area contributed by atoms with Gasteiger partial charge < -0.3 is 15.4 Å². The molecule has 0 aliphatic carbocycles. The number of carbonyl (C=O) groups excluding carboxylic acids is 3. The van der Waals surface area contributed by atoms with Gasteiger partial charge in [0.25, 0.3) is 0 Å². The van der Waals surface area contributed by atoms with Gasteiger partial charge in [0, 0.05) is 12.9 Å². The van der Waals surface area contributed by atoms with Crippen molar-refractivity contribution in [1.29, 1.82) is 0 Å². The predicted octanol–water partition coefficient (Wildman–Crippen LogP) is 2.26. The molecule has 2 N–H and O–H groups in total. The minimum Gasteiger partial charge on any atom is -0.459 e. The molecule has 1 saturated heterocycles. The normalized spacial score (nSPS) is 18.5. The number of benzene rings is 2. The molecule has 192 valence electrons. The average Bonchev–Trinajstić information content (AvgIpc) is 3.32. The smallest absolute Gasteiger partial charge is 0.333 e. The van der Waals surface area contributed by atoms with Gasteiger partial charge in [-0.2, -0.15) is 0 Å². The number of ether oxygens (including phenoxy) is 1. The minimum atomic E-state index is -1.17. The van der Waals surface area contributed by atoms with Gasteiger partial charge in [0.15, 0.2) is 6.04 Å². The zero-order chi connectivity index (χ0) is 26.5. The summed E-state index contributed by atoms with van der Waals surface area (Å²) >= 11 is 7.22. The van der Waals surface area contributed by atoms with Gasteiger partial charge in [0.2, 0.25) is 17.0 Å². The second-order valence-electron chi connectivity index (χ2n) is 8.44. The molecule has 1 fully saturated rings. The number of thioether (sulfide) groups is 1. The Labute approximate surface area is 222 Å². The summed E-state index contributed by atoms with van der Waals surface area (Å²) in [5.41, 5.74) is 7.45. The molecule has 3 aromatic rings. The van der Waals surface area contributed by atoms with Crippen LogP contribution in [0, 0.1) is 5.92 Å². The number of aryl methyl sites for hydroxylation is 1. The van der Waals surface area contributed by atoms with Crippen LogP contribution < -0.4 is 5.73 Å². The maximum Gasteiger partial charge on any atom is 0.333 e. The quantitative estimate of drug-likeness (QED) is 0.169. The maximum atomic E-state index is 13.7.